The molecule has 4 aliphatic rings. The van der Waals surface area contributed by atoms with Crippen LogP contribution in [-0.2, 0) is 11.2 Å². The van der Waals surface area contributed by atoms with Crippen LogP contribution in [0.25, 0.3) is 6.08 Å². The second kappa shape index (κ2) is 12.5. The van der Waals surface area contributed by atoms with Crippen molar-refractivity contribution in [2.45, 2.75) is 20.3 Å². The molecule has 3 aliphatic heterocycles. The van der Waals surface area contributed by atoms with Gasteiger partial charge in [-0.15, -0.1) is 0 Å². The zero-order valence-corrected chi connectivity index (χ0v) is 23.9. The van der Waals surface area contributed by atoms with Crippen molar-refractivity contribution >= 4 is 23.5 Å². The number of hydrogen-bond donors (Lipinski definition) is 1. The molecule has 216 valence electrons. The summed E-state index contributed by atoms with van der Waals surface area (Å²) in [6.45, 7) is 14.0. The van der Waals surface area contributed by atoms with Crippen LogP contribution in [-0.4, -0.2) is 97.7 Å². The average Bonchev–Trinajstić information content (AvgIpc) is 3.60. The Bertz CT molecular complexity index is 1390. The predicted octanol–water partition coefficient (Wildman–Crippen LogP) is 4.15. The van der Waals surface area contributed by atoms with Gasteiger partial charge in [0.1, 0.15) is 17.5 Å². The van der Waals surface area contributed by atoms with Gasteiger partial charge < -0.3 is 19.7 Å². The lowest BCUT2D eigenvalue weighted by atomic mass is 10.1. The van der Waals surface area contributed by atoms with Gasteiger partial charge in [0.25, 0.3) is 0 Å². The van der Waals surface area contributed by atoms with E-state index in [0.29, 0.717) is 17.9 Å². The lowest BCUT2D eigenvalue weighted by Gasteiger charge is -2.37. The van der Waals surface area contributed by atoms with Gasteiger partial charge in [-0.05, 0) is 43.5 Å². The molecule has 41 heavy (non-hydrogen) atoms. The Labute approximate surface area is 241 Å². The molecular weight excluding hydrogens is 521 g/mol. The van der Waals surface area contributed by atoms with Crippen molar-refractivity contribution in [2.75, 3.05) is 82.3 Å². The first-order valence-electron chi connectivity index (χ1n) is 14.5. The number of aromatic nitrogens is 2. The number of ether oxygens (including phenoxy) is 2. The highest BCUT2D eigenvalue weighted by Crippen LogP contribution is 2.34. The molecule has 0 unspecified atom stereocenters. The molecule has 0 amide bonds. The third-order valence-electron chi connectivity index (χ3n) is 7.91. The third-order valence-corrected chi connectivity index (χ3v) is 7.91. The van der Waals surface area contributed by atoms with Gasteiger partial charge in [0.15, 0.2) is 11.6 Å². The van der Waals surface area contributed by atoms with E-state index in [0.717, 1.165) is 100 Å². The number of benzene rings is 1. The van der Waals surface area contributed by atoms with E-state index in [2.05, 4.69) is 30.0 Å². The van der Waals surface area contributed by atoms with Gasteiger partial charge in [-0.1, -0.05) is 29.9 Å². The van der Waals surface area contributed by atoms with Crippen LogP contribution < -0.4 is 15.0 Å². The summed E-state index contributed by atoms with van der Waals surface area (Å²) in [5.74, 6) is 1.79. The first-order valence-corrected chi connectivity index (χ1v) is 14.5. The molecule has 1 aromatic carbocycles. The number of aliphatic imine (C=N–C) groups is 1. The van der Waals surface area contributed by atoms with E-state index in [1.54, 1.807) is 6.07 Å². The van der Waals surface area contributed by atoms with Crippen LogP contribution in [0.1, 0.15) is 25.0 Å². The van der Waals surface area contributed by atoms with Gasteiger partial charge in [0.05, 0.1) is 19.8 Å². The Morgan fingerprint density at radius 1 is 1.02 bits per heavy atom. The molecule has 9 nitrogen and oxygen atoms in total. The zero-order valence-electron chi connectivity index (χ0n) is 23.9. The quantitative estimate of drug-likeness (QED) is 0.517. The largest absolute Gasteiger partial charge is 0.421 e. The lowest BCUT2D eigenvalue weighted by Crippen LogP contribution is -2.49. The van der Waals surface area contributed by atoms with Crippen molar-refractivity contribution in [1.29, 1.82) is 0 Å². The smallest absolute Gasteiger partial charge is 0.326 e. The summed E-state index contributed by atoms with van der Waals surface area (Å²) >= 11 is 0. The van der Waals surface area contributed by atoms with E-state index in [1.165, 1.54) is 0 Å². The maximum Gasteiger partial charge on any atom is 0.326 e. The number of halogens is 1. The Balaban J connectivity index is 1.19. The number of allylic oxidation sites excluding steroid dienone is 2. The topological polar surface area (TPSA) is 78.4 Å². The summed E-state index contributed by atoms with van der Waals surface area (Å²) in [5, 5.41) is 3.31. The van der Waals surface area contributed by atoms with Crippen molar-refractivity contribution < 1.29 is 13.9 Å². The van der Waals surface area contributed by atoms with E-state index in [1.807, 2.05) is 50.3 Å². The van der Waals surface area contributed by atoms with Crippen molar-refractivity contribution in [2.24, 2.45) is 4.99 Å². The number of nitrogens with zero attached hydrogens (tertiary/aromatic N) is 6. The summed E-state index contributed by atoms with van der Waals surface area (Å²) in [5.41, 5.74) is 3.81. The second-order valence-electron chi connectivity index (χ2n) is 10.9. The van der Waals surface area contributed by atoms with Crippen LogP contribution >= 0.6 is 0 Å². The SMILES string of the molecule is C/C=C/C1=CC(Nc2cc(N3CCN(CCN4CCOCC4)CC3)nc(Oc3ccc4c(c3F)C=C(C)C4)n2)=NC1. The first-order chi connectivity index (χ1) is 20.0. The minimum Gasteiger partial charge on any atom is -0.421 e. The molecular formula is C31H38FN7O2. The van der Waals surface area contributed by atoms with Gasteiger partial charge in [-0.3, -0.25) is 14.8 Å². The number of hydrogen-bond acceptors (Lipinski definition) is 9. The molecule has 1 aromatic heterocycles. The van der Waals surface area contributed by atoms with E-state index in [-0.39, 0.29) is 17.6 Å². The Hall–Kier alpha value is -3.60. The number of amidine groups is 1. The number of anilines is 2. The van der Waals surface area contributed by atoms with Gasteiger partial charge >= 0.3 is 6.01 Å². The molecule has 1 aliphatic carbocycles. The van der Waals surface area contributed by atoms with Crippen LogP contribution in [0, 0.1) is 5.82 Å². The van der Waals surface area contributed by atoms with Crippen LogP contribution in [0.15, 0.2) is 52.6 Å². The highest BCUT2D eigenvalue weighted by Gasteiger charge is 2.23. The molecule has 6 rings (SSSR count). The number of nitrogens with one attached hydrogen (secondary N) is 1. The maximum absolute atomic E-state index is 15.4. The molecule has 2 saturated heterocycles. The van der Waals surface area contributed by atoms with Crippen molar-refractivity contribution in [3.8, 4) is 11.8 Å². The lowest BCUT2D eigenvalue weighted by molar-refractivity contribution is 0.0331. The molecule has 0 bridgehead atoms. The predicted molar refractivity (Wildman–Crippen MR) is 161 cm³/mol. The van der Waals surface area contributed by atoms with Crippen LogP contribution in [0.3, 0.4) is 0 Å². The zero-order chi connectivity index (χ0) is 28.2. The summed E-state index contributed by atoms with van der Waals surface area (Å²) in [4.78, 5) is 21.1. The minimum atomic E-state index is -0.379. The second-order valence-corrected chi connectivity index (χ2v) is 10.9. The molecule has 0 spiro atoms. The Morgan fingerprint density at radius 3 is 2.59 bits per heavy atom. The summed E-state index contributed by atoms with van der Waals surface area (Å²) in [6.07, 6.45) is 8.69. The van der Waals surface area contributed by atoms with Crippen LogP contribution in [0.4, 0.5) is 16.0 Å². The summed E-state index contributed by atoms with van der Waals surface area (Å²) < 4.78 is 26.9. The number of fused-ring (bicyclic) bond motifs is 1. The highest BCUT2D eigenvalue weighted by atomic mass is 19.1. The fourth-order valence-corrected chi connectivity index (χ4v) is 5.66. The summed E-state index contributed by atoms with van der Waals surface area (Å²) in [6, 6.07) is 5.62. The molecule has 10 heteroatoms. The molecule has 2 fully saturated rings. The van der Waals surface area contributed by atoms with E-state index >= 15 is 4.39 Å². The van der Waals surface area contributed by atoms with E-state index in [9.17, 15) is 0 Å². The van der Waals surface area contributed by atoms with Crippen LogP contribution in [0.5, 0.6) is 11.8 Å². The molecule has 0 atom stereocenters. The number of rotatable bonds is 8. The first kappa shape index (κ1) is 27.6. The minimum absolute atomic E-state index is 0.105. The maximum atomic E-state index is 15.4. The van der Waals surface area contributed by atoms with Crippen molar-refractivity contribution in [3.63, 3.8) is 0 Å². The molecule has 1 N–H and O–H groups in total. The van der Waals surface area contributed by atoms with Gasteiger partial charge in [-0.2, -0.15) is 9.97 Å². The standard InChI is InChI=1S/C31H38FN7O2/c1-3-4-23-19-27(33-21-23)34-28-20-29(39-11-9-37(10-12-39)7-8-38-13-15-40-16-14-38)36-31(35-28)41-26-6-5-24-17-22(2)18-25(24)30(26)32/h3-6,18-20H,7-17,21H2,1-2H3,(H,33,34,35,36)/b4-3+. The van der Waals surface area contributed by atoms with Gasteiger partial charge in [0, 0.05) is 64.0 Å². The van der Waals surface area contributed by atoms with Crippen molar-refractivity contribution in [1.82, 2.24) is 19.8 Å². The molecule has 2 aromatic rings. The van der Waals surface area contributed by atoms with E-state index < -0.39 is 0 Å². The van der Waals surface area contributed by atoms with Gasteiger partial charge in [0.2, 0.25) is 0 Å². The third kappa shape index (κ3) is 6.66. The highest BCUT2D eigenvalue weighted by molar-refractivity contribution is 6.05. The monoisotopic (exact) mass is 559 g/mol. The van der Waals surface area contributed by atoms with E-state index in [4.69, 9.17) is 14.5 Å². The molecule has 4 heterocycles. The molecule has 0 saturated carbocycles. The average molecular weight is 560 g/mol. The Kier molecular flexibility index (Phi) is 8.41. The number of morpholine rings is 1. The number of piperazine rings is 1. The molecule has 0 radical (unpaired) electrons. The summed E-state index contributed by atoms with van der Waals surface area (Å²) in [7, 11) is 0. The fraction of sp³-hybridized carbons (Fsp3) is 0.452. The Morgan fingerprint density at radius 2 is 1.80 bits per heavy atom. The van der Waals surface area contributed by atoms with Crippen LogP contribution in [0.2, 0.25) is 0 Å². The normalized spacial score (nSPS) is 19.8. The van der Waals surface area contributed by atoms with Gasteiger partial charge in [-0.25, -0.2) is 4.39 Å². The van der Waals surface area contributed by atoms with Crippen molar-refractivity contribution in [3.05, 3.63) is 64.5 Å². The fourth-order valence-electron chi connectivity index (χ4n) is 5.66.